The summed E-state index contributed by atoms with van der Waals surface area (Å²) in [5.74, 6) is -0.696. The second kappa shape index (κ2) is 6.10. The fourth-order valence-electron chi connectivity index (χ4n) is 2.83. The van der Waals surface area contributed by atoms with Crippen LogP contribution in [0.2, 0.25) is 0 Å². The normalized spacial score (nSPS) is 22.0. The van der Waals surface area contributed by atoms with Crippen molar-refractivity contribution in [2.24, 2.45) is 0 Å². The largest absolute Gasteiger partial charge is 0.486 e. The first-order valence-corrected chi connectivity index (χ1v) is 7.58. The van der Waals surface area contributed by atoms with Gasteiger partial charge in [0.25, 0.3) is 5.91 Å². The van der Waals surface area contributed by atoms with Crippen molar-refractivity contribution in [2.75, 3.05) is 13.6 Å². The molecule has 1 aliphatic heterocycles. The summed E-state index contributed by atoms with van der Waals surface area (Å²) in [4.78, 5) is 12.4. The third-order valence-corrected chi connectivity index (χ3v) is 4.21. The third-order valence-electron chi connectivity index (χ3n) is 3.76. The molecule has 22 heavy (non-hydrogen) atoms. The van der Waals surface area contributed by atoms with E-state index in [2.05, 4.69) is 15.9 Å². The van der Waals surface area contributed by atoms with Crippen LogP contribution < -0.4 is 10.1 Å². The van der Waals surface area contributed by atoms with Gasteiger partial charge in [-0.2, -0.15) is 0 Å². The lowest BCUT2D eigenvalue weighted by atomic mass is 9.88. The molecule has 0 spiro atoms. The Morgan fingerprint density at radius 2 is 2.18 bits per heavy atom. The minimum absolute atomic E-state index is 0.123. The highest BCUT2D eigenvalue weighted by molar-refractivity contribution is 9.10. The number of carbonyl (C=O) groups excluding carboxylic acids is 1. The van der Waals surface area contributed by atoms with E-state index in [-0.39, 0.29) is 18.1 Å². The smallest absolute Gasteiger partial charge is 0.254 e. The summed E-state index contributed by atoms with van der Waals surface area (Å²) in [6.45, 7) is -2.83. The lowest BCUT2D eigenvalue weighted by molar-refractivity contribution is 0.0947. The number of carbonyl (C=O) groups is 1. The Morgan fingerprint density at radius 1 is 1.41 bits per heavy atom. The number of amides is 1. The summed E-state index contributed by atoms with van der Waals surface area (Å²) in [5.41, 5.74) is 1.80. The summed E-state index contributed by atoms with van der Waals surface area (Å²) >= 11 is 3.37. The number of halogens is 1. The Kier molecular flexibility index (Phi) is 3.24. The zero-order valence-corrected chi connectivity index (χ0v) is 13.1. The van der Waals surface area contributed by atoms with E-state index in [0.717, 1.165) is 11.1 Å². The molecule has 3 rings (SSSR count). The van der Waals surface area contributed by atoms with Crippen LogP contribution in [-0.4, -0.2) is 30.7 Å². The molecular formula is C17H16BrNO3. The van der Waals surface area contributed by atoms with Crippen molar-refractivity contribution in [3.05, 3.63) is 63.6 Å². The van der Waals surface area contributed by atoms with Crippen molar-refractivity contribution in [1.29, 1.82) is 0 Å². The summed E-state index contributed by atoms with van der Waals surface area (Å²) in [6.07, 6.45) is -0.550. The van der Waals surface area contributed by atoms with E-state index in [9.17, 15) is 9.90 Å². The minimum atomic E-state index is -2.60. The Labute approximate surface area is 141 Å². The number of aliphatic hydroxyl groups excluding tert-OH is 1. The van der Waals surface area contributed by atoms with E-state index in [1.54, 1.807) is 0 Å². The second-order valence-corrected chi connectivity index (χ2v) is 5.97. The lowest BCUT2D eigenvalue weighted by Crippen LogP contribution is -2.24. The van der Waals surface area contributed by atoms with Crippen LogP contribution in [0.15, 0.2) is 46.9 Å². The minimum Gasteiger partial charge on any atom is -0.486 e. The lowest BCUT2D eigenvalue weighted by Gasteiger charge is -2.17. The molecule has 2 atom stereocenters. The van der Waals surface area contributed by atoms with Crippen LogP contribution in [0.3, 0.4) is 0 Å². The average Bonchev–Trinajstić information content (AvgIpc) is 2.91. The fraction of sp³-hybridized carbons (Fsp3) is 0.235. The van der Waals surface area contributed by atoms with Crippen LogP contribution >= 0.6 is 15.9 Å². The van der Waals surface area contributed by atoms with Gasteiger partial charge in [-0.05, 0) is 17.7 Å². The topological polar surface area (TPSA) is 58.6 Å². The molecule has 1 aliphatic rings. The van der Waals surface area contributed by atoms with Gasteiger partial charge in [0, 0.05) is 21.1 Å². The van der Waals surface area contributed by atoms with Crippen LogP contribution in [-0.2, 0) is 0 Å². The Hall–Kier alpha value is -1.85. The Morgan fingerprint density at radius 3 is 2.86 bits per heavy atom. The van der Waals surface area contributed by atoms with Gasteiger partial charge < -0.3 is 15.2 Å². The fourth-order valence-corrected chi connectivity index (χ4v) is 3.31. The zero-order valence-electron chi connectivity index (χ0n) is 14.5. The number of fused-ring (bicyclic) bond motifs is 1. The Bertz CT molecular complexity index is 796. The van der Waals surface area contributed by atoms with Crippen molar-refractivity contribution in [3.8, 4) is 5.75 Å². The molecule has 2 unspecified atom stereocenters. The molecular weight excluding hydrogens is 346 g/mol. The van der Waals surface area contributed by atoms with Crippen LogP contribution in [0, 0.1) is 0 Å². The van der Waals surface area contributed by atoms with E-state index in [1.807, 2.05) is 41.7 Å². The molecule has 2 aromatic rings. The van der Waals surface area contributed by atoms with E-state index in [0.29, 0.717) is 10.2 Å². The van der Waals surface area contributed by atoms with Crippen molar-refractivity contribution >= 4 is 21.8 Å². The molecule has 114 valence electrons. The predicted octanol–water partition coefficient (Wildman–Crippen LogP) is 2.69. The summed E-state index contributed by atoms with van der Waals surface area (Å²) in [7, 11) is 0. The third kappa shape index (κ3) is 2.51. The second-order valence-electron chi connectivity index (χ2n) is 5.05. The van der Waals surface area contributed by atoms with Gasteiger partial charge in [-0.15, -0.1) is 0 Å². The molecule has 0 radical (unpaired) electrons. The number of rotatable bonds is 3. The van der Waals surface area contributed by atoms with Gasteiger partial charge in [0.15, 0.2) is 0 Å². The van der Waals surface area contributed by atoms with Gasteiger partial charge in [0.2, 0.25) is 0 Å². The van der Waals surface area contributed by atoms with Crippen LogP contribution in [0.1, 0.15) is 31.5 Å². The highest BCUT2D eigenvalue weighted by Gasteiger charge is 2.37. The summed E-state index contributed by atoms with van der Waals surface area (Å²) in [6, 6.07) is 12.9. The van der Waals surface area contributed by atoms with Gasteiger partial charge in [-0.3, -0.25) is 4.79 Å². The van der Waals surface area contributed by atoms with Crippen molar-refractivity contribution in [2.45, 2.75) is 12.0 Å². The first kappa shape index (κ1) is 11.7. The van der Waals surface area contributed by atoms with Crippen LogP contribution in [0.25, 0.3) is 0 Å². The predicted molar refractivity (Wildman–Crippen MR) is 87.3 cm³/mol. The van der Waals surface area contributed by atoms with Gasteiger partial charge in [0.1, 0.15) is 11.9 Å². The molecule has 4 nitrogen and oxygen atoms in total. The summed E-state index contributed by atoms with van der Waals surface area (Å²) < 4.78 is 28.1. The molecule has 0 fully saturated rings. The van der Waals surface area contributed by atoms with Crippen LogP contribution in [0.5, 0.6) is 5.75 Å². The monoisotopic (exact) mass is 364 g/mol. The van der Waals surface area contributed by atoms with Crippen LogP contribution in [0.4, 0.5) is 0 Å². The van der Waals surface area contributed by atoms with E-state index in [1.165, 1.54) is 6.07 Å². The molecule has 0 aliphatic carbocycles. The first-order valence-electron chi connectivity index (χ1n) is 8.28. The molecule has 0 aromatic heterocycles. The van der Waals surface area contributed by atoms with Crippen molar-refractivity contribution in [3.63, 3.8) is 0 Å². The molecule has 2 N–H and O–H groups in total. The quantitative estimate of drug-likeness (QED) is 0.880. The van der Waals surface area contributed by atoms with E-state index < -0.39 is 19.0 Å². The molecule has 0 saturated carbocycles. The summed E-state index contributed by atoms with van der Waals surface area (Å²) in [5, 5.41) is 11.7. The van der Waals surface area contributed by atoms with E-state index >= 15 is 0 Å². The maximum Gasteiger partial charge on any atom is 0.254 e. The number of aliphatic hydroxyl groups is 1. The van der Waals surface area contributed by atoms with Gasteiger partial charge in [-0.1, -0.05) is 46.3 Å². The maximum atomic E-state index is 12.4. The number of hydrogen-bond acceptors (Lipinski definition) is 3. The van der Waals surface area contributed by atoms with Gasteiger partial charge in [0.05, 0.1) is 18.1 Å². The molecule has 0 saturated heterocycles. The van der Waals surface area contributed by atoms with Crippen molar-refractivity contribution < 1.29 is 18.8 Å². The number of benzene rings is 2. The highest BCUT2D eigenvalue weighted by Crippen LogP contribution is 2.45. The number of hydrogen-bond donors (Lipinski definition) is 2. The molecule has 0 bridgehead atoms. The van der Waals surface area contributed by atoms with Crippen molar-refractivity contribution in [1.82, 2.24) is 5.32 Å². The standard InChI is InChI=1S/C17H16BrNO3/c1-19-17(21)13-8-11(18)7-12-15(10-5-3-2-4-6-10)14(9-20)22-16(12)13/h2-8,14-15,20H,9H2,1H3,(H,19,21)/i1D3. The maximum absolute atomic E-state index is 12.4. The average molecular weight is 365 g/mol. The first-order chi connectivity index (χ1) is 11.8. The molecule has 1 heterocycles. The number of nitrogens with one attached hydrogen (secondary N) is 1. The highest BCUT2D eigenvalue weighted by atomic mass is 79.9. The molecule has 1 amide bonds. The number of ether oxygens (including phenoxy) is 1. The molecule has 2 aromatic carbocycles. The van der Waals surface area contributed by atoms with E-state index in [4.69, 9.17) is 8.85 Å². The van der Waals surface area contributed by atoms with Gasteiger partial charge in [-0.25, -0.2) is 0 Å². The zero-order chi connectivity index (χ0) is 18.2. The van der Waals surface area contributed by atoms with Gasteiger partial charge >= 0.3 is 0 Å². The Balaban J connectivity index is 2.09. The molecule has 5 heteroatoms. The SMILES string of the molecule is [2H]C([2H])([2H])NC(=O)c1cc(Br)cc2c1OC(CO)C2c1ccccc1.